The van der Waals surface area contributed by atoms with Gasteiger partial charge in [-0.15, -0.1) is 0 Å². The second-order valence-electron chi connectivity index (χ2n) is 4.41. The minimum absolute atomic E-state index is 0.145. The molecule has 2 heterocycles. The minimum Gasteiger partial charge on any atom is -0.381 e. The predicted molar refractivity (Wildman–Crippen MR) is 62.8 cm³/mol. The first-order valence-corrected chi connectivity index (χ1v) is 7.28. The summed E-state index contributed by atoms with van der Waals surface area (Å²) in [7, 11) is -1.72. The van der Waals surface area contributed by atoms with Crippen molar-refractivity contribution < 1.29 is 13.2 Å². The van der Waals surface area contributed by atoms with Gasteiger partial charge in [-0.25, -0.2) is 13.6 Å². The summed E-state index contributed by atoms with van der Waals surface area (Å²) >= 11 is 0. The minimum atomic E-state index is -3.51. The summed E-state index contributed by atoms with van der Waals surface area (Å²) in [6, 6.07) is 0. The van der Waals surface area contributed by atoms with Crippen LogP contribution in [0.25, 0.3) is 0 Å². The Bertz CT molecular complexity index is 489. The van der Waals surface area contributed by atoms with Gasteiger partial charge >= 0.3 is 0 Å². The Balaban J connectivity index is 2.26. The van der Waals surface area contributed by atoms with Crippen LogP contribution in [0.4, 0.5) is 0 Å². The van der Waals surface area contributed by atoms with Crippen molar-refractivity contribution in [1.29, 1.82) is 0 Å². The number of sulfonamides is 1. The summed E-state index contributed by atoms with van der Waals surface area (Å²) in [5.74, 6) is 0.134. The molecule has 6 nitrogen and oxygen atoms in total. The SMILES string of the molecule is Cn1cc(CS(N)(=O)=O)c(C2CCOCC2)n1. The summed E-state index contributed by atoms with van der Waals surface area (Å²) in [5.41, 5.74) is 1.56. The maximum atomic E-state index is 11.2. The quantitative estimate of drug-likeness (QED) is 0.834. The zero-order valence-electron chi connectivity index (χ0n) is 9.80. The van der Waals surface area contributed by atoms with Crippen LogP contribution in [-0.4, -0.2) is 31.4 Å². The molecule has 2 rings (SSSR count). The van der Waals surface area contributed by atoms with Crippen LogP contribution in [0.1, 0.15) is 30.0 Å². The molecule has 0 saturated carbocycles. The standard InChI is InChI=1S/C10H17N3O3S/c1-13-6-9(7-17(11,14)15)10(12-13)8-2-4-16-5-3-8/h6,8H,2-5,7H2,1H3,(H2,11,14,15). The fraction of sp³-hybridized carbons (Fsp3) is 0.700. The van der Waals surface area contributed by atoms with E-state index in [9.17, 15) is 8.42 Å². The highest BCUT2D eigenvalue weighted by molar-refractivity contribution is 7.88. The Morgan fingerprint density at radius 3 is 2.76 bits per heavy atom. The van der Waals surface area contributed by atoms with Gasteiger partial charge in [0, 0.05) is 37.9 Å². The van der Waals surface area contributed by atoms with E-state index in [0.717, 1.165) is 18.5 Å². The molecular formula is C10H17N3O3S. The molecule has 1 saturated heterocycles. The van der Waals surface area contributed by atoms with E-state index in [-0.39, 0.29) is 11.7 Å². The van der Waals surface area contributed by atoms with Crippen molar-refractivity contribution >= 4 is 10.0 Å². The first kappa shape index (κ1) is 12.5. The highest BCUT2D eigenvalue weighted by Gasteiger charge is 2.23. The number of aryl methyl sites for hydroxylation is 1. The van der Waals surface area contributed by atoms with Gasteiger partial charge in [0.1, 0.15) is 0 Å². The summed E-state index contributed by atoms with van der Waals surface area (Å²) in [4.78, 5) is 0. The third-order valence-electron chi connectivity index (χ3n) is 2.90. The van der Waals surface area contributed by atoms with E-state index < -0.39 is 10.0 Å². The molecule has 0 atom stereocenters. The lowest BCUT2D eigenvalue weighted by atomic mass is 9.94. The van der Waals surface area contributed by atoms with Gasteiger partial charge in [-0.1, -0.05) is 0 Å². The van der Waals surface area contributed by atoms with Crippen molar-refractivity contribution in [2.75, 3.05) is 13.2 Å². The van der Waals surface area contributed by atoms with Crippen LogP contribution in [0.2, 0.25) is 0 Å². The van der Waals surface area contributed by atoms with Crippen molar-refractivity contribution in [3.8, 4) is 0 Å². The molecule has 0 radical (unpaired) electrons. The molecule has 1 aromatic rings. The third-order valence-corrected chi connectivity index (χ3v) is 3.62. The molecule has 0 spiro atoms. The van der Waals surface area contributed by atoms with Gasteiger partial charge in [-0.05, 0) is 12.8 Å². The zero-order valence-corrected chi connectivity index (χ0v) is 10.6. The fourth-order valence-corrected chi connectivity index (χ4v) is 2.85. The number of nitrogens with zero attached hydrogens (tertiary/aromatic N) is 2. The van der Waals surface area contributed by atoms with E-state index in [1.54, 1.807) is 17.9 Å². The summed E-state index contributed by atoms with van der Waals surface area (Å²) in [5, 5.41) is 9.45. The molecule has 0 amide bonds. The topological polar surface area (TPSA) is 87.2 Å². The molecule has 0 unspecified atom stereocenters. The lowest BCUT2D eigenvalue weighted by Gasteiger charge is -2.21. The van der Waals surface area contributed by atoms with Gasteiger partial charge in [0.2, 0.25) is 10.0 Å². The van der Waals surface area contributed by atoms with Crippen molar-refractivity contribution in [3.63, 3.8) is 0 Å². The molecule has 0 aromatic carbocycles. The maximum absolute atomic E-state index is 11.2. The molecule has 17 heavy (non-hydrogen) atoms. The van der Waals surface area contributed by atoms with Crippen LogP contribution in [0, 0.1) is 0 Å². The Kier molecular flexibility index (Phi) is 3.50. The summed E-state index contributed by atoms with van der Waals surface area (Å²) < 4.78 is 29.3. The van der Waals surface area contributed by atoms with Gasteiger partial charge in [0.15, 0.2) is 0 Å². The first-order valence-electron chi connectivity index (χ1n) is 5.56. The van der Waals surface area contributed by atoms with Crippen LogP contribution < -0.4 is 5.14 Å². The Hall–Kier alpha value is -0.920. The van der Waals surface area contributed by atoms with Crippen LogP contribution in [0.3, 0.4) is 0 Å². The lowest BCUT2D eigenvalue weighted by molar-refractivity contribution is 0.0842. The Morgan fingerprint density at radius 1 is 1.53 bits per heavy atom. The van der Waals surface area contributed by atoms with E-state index in [1.807, 2.05) is 0 Å². The molecule has 96 valence electrons. The van der Waals surface area contributed by atoms with E-state index >= 15 is 0 Å². The number of primary sulfonamides is 1. The second kappa shape index (κ2) is 4.75. The number of nitrogens with two attached hydrogens (primary N) is 1. The van der Waals surface area contributed by atoms with Crippen molar-refractivity contribution in [2.24, 2.45) is 12.2 Å². The highest BCUT2D eigenvalue weighted by atomic mass is 32.2. The molecular weight excluding hydrogens is 242 g/mol. The molecule has 2 N–H and O–H groups in total. The first-order chi connectivity index (χ1) is 7.96. The highest BCUT2D eigenvalue weighted by Crippen LogP contribution is 2.28. The fourth-order valence-electron chi connectivity index (χ4n) is 2.20. The van der Waals surface area contributed by atoms with Gasteiger partial charge in [0.05, 0.1) is 11.4 Å². The van der Waals surface area contributed by atoms with Crippen LogP contribution in [0.5, 0.6) is 0 Å². The van der Waals surface area contributed by atoms with E-state index in [1.165, 1.54) is 0 Å². The Labute approximate surface area is 101 Å². The summed E-state index contributed by atoms with van der Waals surface area (Å²) in [6.07, 6.45) is 3.50. The van der Waals surface area contributed by atoms with E-state index in [4.69, 9.17) is 9.88 Å². The molecule has 1 aliphatic heterocycles. The molecule has 1 aromatic heterocycles. The largest absolute Gasteiger partial charge is 0.381 e. The number of rotatable bonds is 3. The van der Waals surface area contributed by atoms with Crippen LogP contribution in [-0.2, 0) is 27.6 Å². The van der Waals surface area contributed by atoms with Gasteiger partial charge in [-0.2, -0.15) is 5.10 Å². The maximum Gasteiger partial charge on any atom is 0.213 e. The third kappa shape index (κ3) is 3.27. The monoisotopic (exact) mass is 259 g/mol. The smallest absolute Gasteiger partial charge is 0.213 e. The Morgan fingerprint density at radius 2 is 2.18 bits per heavy atom. The number of aromatic nitrogens is 2. The van der Waals surface area contributed by atoms with E-state index in [2.05, 4.69) is 5.10 Å². The average molecular weight is 259 g/mol. The molecule has 1 aliphatic rings. The molecule has 1 fully saturated rings. The van der Waals surface area contributed by atoms with Crippen molar-refractivity contribution in [2.45, 2.75) is 24.5 Å². The van der Waals surface area contributed by atoms with Crippen LogP contribution in [0.15, 0.2) is 6.20 Å². The molecule has 7 heteroatoms. The molecule has 0 aliphatic carbocycles. The lowest BCUT2D eigenvalue weighted by Crippen LogP contribution is -2.18. The van der Waals surface area contributed by atoms with Gasteiger partial charge < -0.3 is 4.74 Å². The predicted octanol–water partition coefficient (Wildman–Crippen LogP) is 0.103. The average Bonchev–Trinajstić information content (AvgIpc) is 2.58. The van der Waals surface area contributed by atoms with Crippen molar-refractivity contribution in [1.82, 2.24) is 9.78 Å². The van der Waals surface area contributed by atoms with E-state index in [0.29, 0.717) is 18.8 Å². The number of hydrogen-bond acceptors (Lipinski definition) is 4. The molecule has 0 bridgehead atoms. The second-order valence-corrected chi connectivity index (χ2v) is 6.02. The number of hydrogen-bond donors (Lipinski definition) is 1. The van der Waals surface area contributed by atoms with Crippen LogP contribution >= 0.6 is 0 Å². The normalized spacial score (nSPS) is 18.5. The van der Waals surface area contributed by atoms with Gasteiger partial charge in [0.25, 0.3) is 0 Å². The number of ether oxygens (including phenoxy) is 1. The zero-order chi connectivity index (χ0) is 12.5. The summed E-state index contributed by atoms with van der Waals surface area (Å²) in [6.45, 7) is 1.41. The van der Waals surface area contributed by atoms with Crippen molar-refractivity contribution in [3.05, 3.63) is 17.5 Å². The van der Waals surface area contributed by atoms with Gasteiger partial charge in [-0.3, -0.25) is 4.68 Å².